The Morgan fingerprint density at radius 1 is 1.24 bits per heavy atom. The maximum absolute atomic E-state index is 13.9. The van der Waals surface area contributed by atoms with Gasteiger partial charge in [-0.15, -0.1) is 0 Å². The van der Waals surface area contributed by atoms with Gasteiger partial charge in [0.15, 0.2) is 0 Å². The predicted molar refractivity (Wildman–Crippen MR) is 77.8 cm³/mol. The number of imidazole rings is 1. The first kappa shape index (κ1) is 14.2. The first-order chi connectivity index (χ1) is 10.1. The summed E-state index contributed by atoms with van der Waals surface area (Å²) in [7, 11) is 0. The van der Waals surface area contributed by atoms with Crippen LogP contribution in [0.3, 0.4) is 0 Å². The van der Waals surface area contributed by atoms with Crippen molar-refractivity contribution in [1.29, 1.82) is 0 Å². The van der Waals surface area contributed by atoms with E-state index in [-0.39, 0.29) is 5.56 Å². The Bertz CT molecular complexity index is 630. The third-order valence-electron chi connectivity index (χ3n) is 4.08. The molecule has 1 aromatic carbocycles. The lowest BCUT2D eigenvalue weighted by Gasteiger charge is -2.09. The number of aromatic nitrogens is 2. The van der Waals surface area contributed by atoms with Gasteiger partial charge in [-0.2, -0.15) is 0 Å². The molecule has 1 aliphatic carbocycles. The molecule has 112 valence electrons. The topological polar surface area (TPSA) is 40.7 Å². The second-order valence-electron chi connectivity index (χ2n) is 5.69. The lowest BCUT2D eigenvalue weighted by atomic mass is 10.1. The van der Waals surface area contributed by atoms with E-state index in [1.165, 1.54) is 37.8 Å². The van der Waals surface area contributed by atoms with Crippen molar-refractivity contribution in [3.05, 3.63) is 41.4 Å². The third-order valence-corrected chi connectivity index (χ3v) is 4.08. The maximum atomic E-state index is 13.9. The van der Waals surface area contributed by atoms with E-state index >= 15 is 0 Å². The molecule has 0 aliphatic heterocycles. The number of halogens is 2. The van der Waals surface area contributed by atoms with E-state index in [0.717, 1.165) is 5.82 Å². The van der Waals surface area contributed by atoms with Gasteiger partial charge in [0.05, 0.1) is 18.4 Å². The third kappa shape index (κ3) is 3.13. The Kier molecular flexibility index (Phi) is 4.01. The Morgan fingerprint density at radius 2 is 2.00 bits per heavy atom. The van der Waals surface area contributed by atoms with Gasteiger partial charge in [-0.3, -0.25) is 0 Å². The molecule has 2 N–H and O–H groups in total. The van der Waals surface area contributed by atoms with E-state index < -0.39 is 11.6 Å². The quantitative estimate of drug-likeness (QED) is 0.902. The van der Waals surface area contributed by atoms with E-state index in [0.29, 0.717) is 23.8 Å². The van der Waals surface area contributed by atoms with Crippen LogP contribution in [0, 0.1) is 18.6 Å². The largest absolute Gasteiger partial charge is 0.341 e. The zero-order chi connectivity index (χ0) is 14.8. The minimum absolute atomic E-state index is 0.220. The molecule has 0 atom stereocenters. The van der Waals surface area contributed by atoms with E-state index in [1.807, 2.05) is 0 Å². The molecule has 1 saturated carbocycles. The van der Waals surface area contributed by atoms with Crippen LogP contribution in [0.5, 0.6) is 0 Å². The van der Waals surface area contributed by atoms with Gasteiger partial charge < -0.3 is 10.3 Å². The monoisotopic (exact) mass is 291 g/mol. The fourth-order valence-electron chi connectivity index (χ4n) is 2.81. The van der Waals surface area contributed by atoms with Gasteiger partial charge in [0.2, 0.25) is 0 Å². The van der Waals surface area contributed by atoms with E-state index in [4.69, 9.17) is 0 Å². The van der Waals surface area contributed by atoms with Crippen molar-refractivity contribution < 1.29 is 8.78 Å². The van der Waals surface area contributed by atoms with Crippen molar-refractivity contribution >= 4 is 0 Å². The summed E-state index contributed by atoms with van der Waals surface area (Å²) in [6, 6.07) is 2.97. The Morgan fingerprint density at radius 3 is 2.76 bits per heavy atom. The van der Waals surface area contributed by atoms with Crippen molar-refractivity contribution in [2.75, 3.05) is 0 Å². The summed E-state index contributed by atoms with van der Waals surface area (Å²) >= 11 is 0. The summed E-state index contributed by atoms with van der Waals surface area (Å²) in [5.41, 5.74) is 1.03. The van der Waals surface area contributed by atoms with Crippen molar-refractivity contribution in [3.8, 4) is 11.3 Å². The second-order valence-corrected chi connectivity index (χ2v) is 5.69. The number of aromatic amines is 1. The van der Waals surface area contributed by atoms with Crippen molar-refractivity contribution in [2.24, 2.45) is 0 Å². The molecule has 0 amide bonds. The standard InChI is InChI=1S/C16H19F2N3/c1-10-6-14(18)12(7-13(10)17)15-8-20-16(21-15)9-19-11-4-2-3-5-11/h6-8,11,19H,2-5,9H2,1H3,(H,20,21). The van der Waals surface area contributed by atoms with Crippen LogP contribution in [-0.4, -0.2) is 16.0 Å². The molecule has 5 heteroatoms. The Balaban J connectivity index is 1.73. The highest BCUT2D eigenvalue weighted by Crippen LogP contribution is 2.24. The van der Waals surface area contributed by atoms with Crippen LogP contribution in [0.2, 0.25) is 0 Å². The molecule has 0 bridgehead atoms. The molecule has 2 aromatic rings. The number of nitrogens with zero attached hydrogens (tertiary/aromatic N) is 1. The molecule has 1 aliphatic rings. The summed E-state index contributed by atoms with van der Waals surface area (Å²) in [5.74, 6) is -0.100. The molecule has 0 radical (unpaired) electrons. The zero-order valence-electron chi connectivity index (χ0n) is 12.0. The highest BCUT2D eigenvalue weighted by Gasteiger charge is 2.15. The molecular weight excluding hydrogens is 272 g/mol. The number of nitrogens with one attached hydrogen (secondary N) is 2. The van der Waals surface area contributed by atoms with Gasteiger partial charge in [0.25, 0.3) is 0 Å². The van der Waals surface area contributed by atoms with Gasteiger partial charge in [-0.05, 0) is 37.5 Å². The summed E-state index contributed by atoms with van der Waals surface area (Å²) in [5, 5.41) is 3.44. The van der Waals surface area contributed by atoms with Crippen LogP contribution in [0.25, 0.3) is 11.3 Å². The summed E-state index contributed by atoms with van der Waals surface area (Å²) in [6.07, 6.45) is 6.50. The predicted octanol–water partition coefficient (Wildman–Crippen LogP) is 3.70. The number of rotatable bonds is 4. The molecule has 1 heterocycles. The van der Waals surface area contributed by atoms with Crippen LogP contribution in [0.1, 0.15) is 37.1 Å². The summed E-state index contributed by atoms with van der Waals surface area (Å²) in [6.45, 7) is 2.17. The average Bonchev–Trinajstić information content (AvgIpc) is 3.11. The number of aryl methyl sites for hydroxylation is 1. The molecule has 21 heavy (non-hydrogen) atoms. The second kappa shape index (κ2) is 5.93. The van der Waals surface area contributed by atoms with Crippen molar-refractivity contribution in [2.45, 2.75) is 45.2 Å². The molecule has 3 rings (SSSR count). The van der Waals surface area contributed by atoms with Crippen LogP contribution in [-0.2, 0) is 6.54 Å². The lowest BCUT2D eigenvalue weighted by Crippen LogP contribution is -2.25. The normalized spacial score (nSPS) is 15.8. The fraction of sp³-hybridized carbons (Fsp3) is 0.438. The fourth-order valence-corrected chi connectivity index (χ4v) is 2.81. The van der Waals surface area contributed by atoms with Crippen LogP contribution < -0.4 is 5.32 Å². The lowest BCUT2D eigenvalue weighted by molar-refractivity contribution is 0.515. The smallest absolute Gasteiger partial charge is 0.133 e. The molecule has 0 unspecified atom stereocenters. The van der Waals surface area contributed by atoms with Crippen molar-refractivity contribution in [3.63, 3.8) is 0 Å². The highest BCUT2D eigenvalue weighted by atomic mass is 19.1. The summed E-state index contributed by atoms with van der Waals surface area (Å²) in [4.78, 5) is 7.30. The van der Waals surface area contributed by atoms with Crippen molar-refractivity contribution in [1.82, 2.24) is 15.3 Å². The minimum atomic E-state index is -0.437. The van der Waals surface area contributed by atoms with Gasteiger partial charge in [-0.25, -0.2) is 13.8 Å². The van der Waals surface area contributed by atoms with Crippen LogP contribution >= 0.6 is 0 Å². The summed E-state index contributed by atoms with van der Waals surface area (Å²) < 4.78 is 27.5. The van der Waals surface area contributed by atoms with E-state index in [2.05, 4.69) is 15.3 Å². The zero-order valence-corrected chi connectivity index (χ0v) is 12.0. The SMILES string of the molecule is Cc1cc(F)c(-c2cnc(CNC3CCCC3)[nH]2)cc1F. The molecule has 1 aromatic heterocycles. The molecule has 0 saturated heterocycles. The Labute approximate surface area is 122 Å². The van der Waals surface area contributed by atoms with Crippen LogP contribution in [0.15, 0.2) is 18.3 Å². The molecule has 3 nitrogen and oxygen atoms in total. The molecule has 1 fully saturated rings. The number of hydrogen-bond donors (Lipinski definition) is 2. The Hall–Kier alpha value is -1.75. The first-order valence-electron chi connectivity index (χ1n) is 7.37. The molecular formula is C16H19F2N3. The van der Waals surface area contributed by atoms with E-state index in [1.54, 1.807) is 13.1 Å². The highest BCUT2D eigenvalue weighted by molar-refractivity contribution is 5.60. The van der Waals surface area contributed by atoms with Gasteiger partial charge in [0, 0.05) is 11.6 Å². The first-order valence-corrected chi connectivity index (χ1v) is 7.37. The van der Waals surface area contributed by atoms with E-state index in [9.17, 15) is 8.78 Å². The minimum Gasteiger partial charge on any atom is -0.341 e. The maximum Gasteiger partial charge on any atom is 0.133 e. The molecule has 0 spiro atoms. The van der Waals surface area contributed by atoms with Crippen LogP contribution in [0.4, 0.5) is 8.78 Å². The average molecular weight is 291 g/mol. The van der Waals surface area contributed by atoms with Gasteiger partial charge in [0.1, 0.15) is 17.5 Å². The number of benzene rings is 1. The van der Waals surface area contributed by atoms with Gasteiger partial charge in [-0.1, -0.05) is 12.8 Å². The number of H-pyrrole nitrogens is 1. The van der Waals surface area contributed by atoms with Gasteiger partial charge >= 0.3 is 0 Å². The number of hydrogen-bond acceptors (Lipinski definition) is 2.